The first-order valence-corrected chi connectivity index (χ1v) is 7.17. The van der Waals surface area contributed by atoms with Crippen molar-refractivity contribution < 1.29 is 17.7 Å². The lowest BCUT2D eigenvalue weighted by atomic mass is 10.3. The first-order chi connectivity index (χ1) is 9.79. The van der Waals surface area contributed by atoms with Crippen LogP contribution in [-0.4, -0.2) is 18.3 Å². The van der Waals surface area contributed by atoms with Gasteiger partial charge in [0.2, 0.25) is 0 Å². The van der Waals surface area contributed by atoms with E-state index in [-0.39, 0.29) is 16.4 Å². The number of nitrogens with one attached hydrogen (secondary N) is 1. The number of aryl methyl sites for hydroxylation is 1. The van der Waals surface area contributed by atoms with Crippen molar-refractivity contribution in [3.63, 3.8) is 0 Å². The molecule has 110 valence electrons. The first kappa shape index (κ1) is 14.9. The van der Waals surface area contributed by atoms with Gasteiger partial charge in [-0.3, -0.25) is 14.8 Å². The number of aromatic nitrogens is 1. The summed E-state index contributed by atoms with van der Waals surface area (Å²) in [7, 11) is -3.93. The van der Waals surface area contributed by atoms with Crippen LogP contribution in [0.3, 0.4) is 0 Å². The molecule has 2 aromatic rings. The van der Waals surface area contributed by atoms with Crippen LogP contribution in [0.1, 0.15) is 5.56 Å². The first-order valence-electron chi connectivity index (χ1n) is 5.69. The fraction of sp³-hybridized carbons (Fsp3) is 0.0833. The number of pyridine rings is 1. The predicted octanol–water partition coefficient (Wildman–Crippen LogP) is 2.24. The highest BCUT2D eigenvalue weighted by Crippen LogP contribution is 2.21. The number of halogens is 1. The zero-order valence-electron chi connectivity index (χ0n) is 10.8. The van der Waals surface area contributed by atoms with Crippen molar-refractivity contribution >= 4 is 21.5 Å². The number of rotatable bonds is 4. The summed E-state index contributed by atoms with van der Waals surface area (Å²) in [4.78, 5) is 13.6. The Kier molecular flexibility index (Phi) is 3.85. The van der Waals surface area contributed by atoms with Gasteiger partial charge in [0, 0.05) is 6.07 Å². The summed E-state index contributed by atoms with van der Waals surface area (Å²) >= 11 is 0. The molecular weight excluding hydrogens is 301 g/mol. The molecule has 9 heteroatoms. The second kappa shape index (κ2) is 5.44. The molecule has 0 aliphatic rings. The highest BCUT2D eigenvalue weighted by molar-refractivity contribution is 7.92. The number of hydrogen-bond acceptors (Lipinski definition) is 5. The minimum atomic E-state index is -3.93. The summed E-state index contributed by atoms with van der Waals surface area (Å²) in [6.45, 7) is 1.49. The molecule has 0 bridgehead atoms. The minimum absolute atomic E-state index is 0.0232. The maximum atomic E-state index is 12.8. The molecule has 0 saturated carbocycles. The van der Waals surface area contributed by atoms with E-state index in [0.29, 0.717) is 5.56 Å². The van der Waals surface area contributed by atoms with Crippen LogP contribution in [0, 0.1) is 22.9 Å². The van der Waals surface area contributed by atoms with Gasteiger partial charge in [-0.2, -0.15) is 0 Å². The second-order valence-corrected chi connectivity index (χ2v) is 5.86. The van der Waals surface area contributed by atoms with Crippen LogP contribution in [0.4, 0.5) is 15.9 Å². The molecule has 2 rings (SSSR count). The molecule has 1 heterocycles. The van der Waals surface area contributed by atoms with Gasteiger partial charge in [-0.25, -0.2) is 17.8 Å². The van der Waals surface area contributed by atoms with Gasteiger partial charge in [0.05, 0.1) is 9.82 Å². The maximum absolute atomic E-state index is 12.8. The van der Waals surface area contributed by atoms with Gasteiger partial charge in [0.1, 0.15) is 17.8 Å². The van der Waals surface area contributed by atoms with E-state index >= 15 is 0 Å². The Morgan fingerprint density at radius 2 is 1.90 bits per heavy atom. The fourth-order valence-corrected chi connectivity index (χ4v) is 2.65. The highest BCUT2D eigenvalue weighted by atomic mass is 32.2. The Bertz CT molecular complexity index is 791. The number of benzene rings is 1. The largest absolute Gasteiger partial charge is 0.287 e. The molecule has 0 aliphatic heterocycles. The van der Waals surface area contributed by atoms with E-state index < -0.39 is 20.8 Å². The topological polar surface area (TPSA) is 102 Å². The van der Waals surface area contributed by atoms with E-state index in [1.165, 1.54) is 13.0 Å². The quantitative estimate of drug-likeness (QED) is 0.689. The molecule has 1 N–H and O–H groups in total. The third-order valence-corrected chi connectivity index (χ3v) is 3.98. The molecule has 0 aliphatic carbocycles. The van der Waals surface area contributed by atoms with Crippen LogP contribution < -0.4 is 4.72 Å². The molecule has 7 nitrogen and oxygen atoms in total. The lowest BCUT2D eigenvalue weighted by Gasteiger charge is -2.09. The average Bonchev–Trinajstić information content (AvgIpc) is 2.41. The number of nitrogens with zero attached hydrogens (tertiary/aromatic N) is 2. The molecule has 1 aromatic heterocycles. The number of anilines is 1. The molecule has 0 radical (unpaired) electrons. The maximum Gasteiger partial charge on any atom is 0.287 e. The molecular formula is C12H10FN3O4S. The van der Waals surface area contributed by atoms with Crippen molar-refractivity contribution in [1.29, 1.82) is 0 Å². The van der Waals surface area contributed by atoms with Crippen molar-refractivity contribution in [1.82, 2.24) is 4.98 Å². The second-order valence-electron chi connectivity index (χ2n) is 4.18. The van der Waals surface area contributed by atoms with Crippen LogP contribution in [0.2, 0.25) is 0 Å². The molecule has 0 spiro atoms. The molecule has 0 saturated heterocycles. The van der Waals surface area contributed by atoms with Crippen molar-refractivity contribution in [2.45, 2.75) is 11.8 Å². The van der Waals surface area contributed by atoms with Crippen LogP contribution >= 0.6 is 0 Å². The Labute approximate surface area is 119 Å². The van der Waals surface area contributed by atoms with E-state index in [4.69, 9.17) is 0 Å². The van der Waals surface area contributed by atoms with Crippen molar-refractivity contribution in [2.75, 3.05) is 4.72 Å². The Morgan fingerprint density at radius 1 is 1.29 bits per heavy atom. The fourth-order valence-electron chi connectivity index (χ4n) is 1.57. The lowest BCUT2D eigenvalue weighted by Crippen LogP contribution is -2.15. The number of sulfonamides is 1. The zero-order valence-corrected chi connectivity index (χ0v) is 11.6. The summed E-state index contributed by atoms with van der Waals surface area (Å²) in [5.74, 6) is -0.580. The Balaban J connectivity index is 2.32. The van der Waals surface area contributed by atoms with Gasteiger partial charge >= 0.3 is 0 Å². The van der Waals surface area contributed by atoms with Crippen LogP contribution in [0.15, 0.2) is 41.4 Å². The normalized spacial score (nSPS) is 11.1. The van der Waals surface area contributed by atoms with Gasteiger partial charge in [-0.05, 0) is 36.8 Å². The molecule has 21 heavy (non-hydrogen) atoms. The van der Waals surface area contributed by atoms with E-state index in [1.807, 2.05) is 0 Å². The van der Waals surface area contributed by atoms with Crippen LogP contribution in [0.5, 0.6) is 0 Å². The predicted molar refractivity (Wildman–Crippen MR) is 72.8 cm³/mol. The summed E-state index contributed by atoms with van der Waals surface area (Å²) < 4.78 is 39.2. The molecule has 0 atom stereocenters. The molecule has 0 unspecified atom stereocenters. The van der Waals surface area contributed by atoms with Gasteiger partial charge in [-0.15, -0.1) is 0 Å². The van der Waals surface area contributed by atoms with E-state index in [1.54, 1.807) is 0 Å². The SMILES string of the molecule is Cc1cc([N+](=O)[O-])cnc1NS(=O)(=O)c1ccc(F)cc1. The lowest BCUT2D eigenvalue weighted by molar-refractivity contribution is -0.385. The van der Waals surface area contributed by atoms with Crippen molar-refractivity contribution in [3.05, 3.63) is 58.0 Å². The van der Waals surface area contributed by atoms with Gasteiger partial charge in [-0.1, -0.05) is 0 Å². The molecule has 0 amide bonds. The number of hydrogen-bond donors (Lipinski definition) is 1. The third-order valence-electron chi connectivity index (χ3n) is 2.63. The molecule has 0 fully saturated rings. The number of nitro groups is 1. The van der Waals surface area contributed by atoms with Crippen LogP contribution in [0.25, 0.3) is 0 Å². The summed E-state index contributed by atoms with van der Waals surface area (Å²) in [5, 5.41) is 10.6. The zero-order chi connectivity index (χ0) is 15.6. The molecule has 1 aromatic carbocycles. The Hall–Kier alpha value is -2.55. The standard InChI is InChI=1S/C12H10FN3O4S/c1-8-6-10(16(17)18)7-14-12(8)15-21(19,20)11-4-2-9(13)3-5-11/h2-7H,1H3,(H,14,15). The van der Waals surface area contributed by atoms with E-state index in [9.17, 15) is 22.9 Å². The van der Waals surface area contributed by atoms with E-state index in [2.05, 4.69) is 9.71 Å². The van der Waals surface area contributed by atoms with Gasteiger partial charge < -0.3 is 0 Å². The summed E-state index contributed by atoms with van der Waals surface area (Å²) in [5.41, 5.74) is 0.0621. The van der Waals surface area contributed by atoms with Crippen LogP contribution in [-0.2, 0) is 10.0 Å². The van der Waals surface area contributed by atoms with Crippen molar-refractivity contribution in [3.8, 4) is 0 Å². The summed E-state index contributed by atoms with van der Waals surface area (Å²) in [6.07, 6.45) is 0.954. The highest BCUT2D eigenvalue weighted by Gasteiger charge is 2.17. The van der Waals surface area contributed by atoms with Crippen molar-refractivity contribution in [2.24, 2.45) is 0 Å². The summed E-state index contributed by atoms with van der Waals surface area (Å²) in [6, 6.07) is 5.46. The Morgan fingerprint density at radius 3 is 2.43 bits per heavy atom. The van der Waals surface area contributed by atoms with E-state index in [0.717, 1.165) is 30.5 Å². The van der Waals surface area contributed by atoms with Gasteiger partial charge in [0.25, 0.3) is 15.7 Å². The smallest absolute Gasteiger partial charge is 0.263 e. The van der Waals surface area contributed by atoms with Gasteiger partial charge in [0.15, 0.2) is 0 Å². The minimum Gasteiger partial charge on any atom is -0.263 e. The monoisotopic (exact) mass is 311 g/mol. The average molecular weight is 311 g/mol. The third kappa shape index (κ3) is 3.31.